The number of rotatable bonds is 8. The molecule has 1 atom stereocenters. The summed E-state index contributed by atoms with van der Waals surface area (Å²) < 4.78 is 0. The van der Waals surface area contributed by atoms with Crippen LogP contribution in [-0.4, -0.2) is 37.6 Å². The molecule has 0 aromatic carbocycles. The third-order valence-corrected chi connectivity index (χ3v) is 4.09. The molecule has 1 aliphatic carbocycles. The standard InChI is InChI=1S/C15H32N2/c1-4-6-12-17(3)13-15(16-5-2)14-10-8-7-9-11-14/h14-16H,4-13H2,1-3H3. The van der Waals surface area contributed by atoms with Gasteiger partial charge in [0.1, 0.15) is 0 Å². The predicted molar refractivity (Wildman–Crippen MR) is 76.4 cm³/mol. The maximum Gasteiger partial charge on any atom is 0.0222 e. The molecule has 1 unspecified atom stereocenters. The number of nitrogens with one attached hydrogen (secondary N) is 1. The van der Waals surface area contributed by atoms with Crippen molar-refractivity contribution in [1.82, 2.24) is 10.2 Å². The molecule has 2 nitrogen and oxygen atoms in total. The van der Waals surface area contributed by atoms with Crippen molar-refractivity contribution in [2.45, 2.75) is 64.8 Å². The molecule has 0 aromatic rings. The molecular formula is C15H32N2. The van der Waals surface area contributed by atoms with Crippen molar-refractivity contribution in [2.24, 2.45) is 5.92 Å². The van der Waals surface area contributed by atoms with E-state index in [0.29, 0.717) is 0 Å². The summed E-state index contributed by atoms with van der Waals surface area (Å²) in [5.41, 5.74) is 0. The van der Waals surface area contributed by atoms with Gasteiger partial charge in [-0.1, -0.05) is 39.5 Å². The molecular weight excluding hydrogens is 208 g/mol. The molecule has 0 amide bonds. The fraction of sp³-hybridized carbons (Fsp3) is 1.00. The molecule has 0 aromatic heterocycles. The normalized spacial score (nSPS) is 19.8. The molecule has 17 heavy (non-hydrogen) atoms. The van der Waals surface area contributed by atoms with Crippen molar-refractivity contribution in [3.8, 4) is 0 Å². The quantitative estimate of drug-likeness (QED) is 0.700. The number of hydrogen-bond acceptors (Lipinski definition) is 2. The van der Waals surface area contributed by atoms with Crippen LogP contribution >= 0.6 is 0 Å². The summed E-state index contributed by atoms with van der Waals surface area (Å²) in [6.07, 6.45) is 9.88. The van der Waals surface area contributed by atoms with Gasteiger partial charge in [-0.15, -0.1) is 0 Å². The Morgan fingerprint density at radius 1 is 1.18 bits per heavy atom. The van der Waals surface area contributed by atoms with Crippen LogP contribution in [0.5, 0.6) is 0 Å². The van der Waals surface area contributed by atoms with Crippen molar-refractivity contribution in [2.75, 3.05) is 26.7 Å². The van der Waals surface area contributed by atoms with Crippen LogP contribution in [0.1, 0.15) is 58.8 Å². The molecule has 1 N–H and O–H groups in total. The van der Waals surface area contributed by atoms with Gasteiger partial charge >= 0.3 is 0 Å². The number of unbranched alkanes of at least 4 members (excludes halogenated alkanes) is 1. The van der Waals surface area contributed by atoms with E-state index >= 15 is 0 Å². The van der Waals surface area contributed by atoms with Gasteiger partial charge in [0.25, 0.3) is 0 Å². The Hall–Kier alpha value is -0.0800. The highest BCUT2D eigenvalue weighted by Gasteiger charge is 2.23. The molecule has 0 heterocycles. The molecule has 0 saturated heterocycles. The van der Waals surface area contributed by atoms with Crippen LogP contribution in [0, 0.1) is 5.92 Å². The average Bonchev–Trinajstić information content (AvgIpc) is 2.37. The second kappa shape index (κ2) is 8.93. The van der Waals surface area contributed by atoms with Crippen LogP contribution in [0.2, 0.25) is 0 Å². The second-order valence-corrected chi connectivity index (χ2v) is 5.68. The lowest BCUT2D eigenvalue weighted by atomic mass is 9.83. The molecule has 1 aliphatic rings. The van der Waals surface area contributed by atoms with Crippen molar-refractivity contribution in [1.29, 1.82) is 0 Å². The second-order valence-electron chi connectivity index (χ2n) is 5.68. The highest BCUT2D eigenvalue weighted by Crippen LogP contribution is 2.26. The van der Waals surface area contributed by atoms with Gasteiger partial charge in [-0.05, 0) is 45.3 Å². The van der Waals surface area contributed by atoms with Crippen LogP contribution in [0.25, 0.3) is 0 Å². The maximum absolute atomic E-state index is 3.72. The highest BCUT2D eigenvalue weighted by atomic mass is 15.1. The SMILES string of the molecule is CCCCN(C)CC(NCC)C1CCCCC1. The van der Waals surface area contributed by atoms with Crippen LogP contribution in [-0.2, 0) is 0 Å². The lowest BCUT2D eigenvalue weighted by Crippen LogP contribution is -2.45. The van der Waals surface area contributed by atoms with Crippen molar-refractivity contribution < 1.29 is 0 Å². The lowest BCUT2D eigenvalue weighted by Gasteiger charge is -2.33. The van der Waals surface area contributed by atoms with Crippen LogP contribution in [0.4, 0.5) is 0 Å². The molecule has 0 spiro atoms. The van der Waals surface area contributed by atoms with E-state index in [1.165, 1.54) is 58.0 Å². The number of hydrogen-bond donors (Lipinski definition) is 1. The molecule has 0 radical (unpaired) electrons. The van der Waals surface area contributed by atoms with Gasteiger partial charge in [0, 0.05) is 12.6 Å². The first-order chi connectivity index (χ1) is 8.27. The summed E-state index contributed by atoms with van der Waals surface area (Å²) in [5.74, 6) is 0.924. The largest absolute Gasteiger partial charge is 0.313 e. The van der Waals surface area contributed by atoms with Crippen LogP contribution in [0.15, 0.2) is 0 Å². The van der Waals surface area contributed by atoms with Crippen LogP contribution < -0.4 is 5.32 Å². The van der Waals surface area contributed by atoms with E-state index in [1.807, 2.05) is 0 Å². The summed E-state index contributed by atoms with van der Waals surface area (Å²) >= 11 is 0. The Labute approximate surface area is 108 Å². The van der Waals surface area contributed by atoms with E-state index < -0.39 is 0 Å². The van der Waals surface area contributed by atoms with Gasteiger partial charge in [0.2, 0.25) is 0 Å². The van der Waals surface area contributed by atoms with Gasteiger partial charge in [0.15, 0.2) is 0 Å². The fourth-order valence-corrected chi connectivity index (χ4v) is 3.03. The first-order valence-corrected chi connectivity index (χ1v) is 7.69. The lowest BCUT2D eigenvalue weighted by molar-refractivity contribution is 0.205. The third-order valence-electron chi connectivity index (χ3n) is 4.09. The third kappa shape index (κ3) is 5.87. The van der Waals surface area contributed by atoms with Gasteiger partial charge < -0.3 is 10.2 Å². The minimum absolute atomic E-state index is 0.724. The average molecular weight is 240 g/mol. The summed E-state index contributed by atoms with van der Waals surface area (Å²) in [7, 11) is 2.28. The molecule has 102 valence electrons. The Bertz CT molecular complexity index is 176. The van der Waals surface area contributed by atoms with E-state index in [1.54, 1.807) is 0 Å². The minimum atomic E-state index is 0.724. The molecule has 1 saturated carbocycles. The Kier molecular flexibility index (Phi) is 7.87. The smallest absolute Gasteiger partial charge is 0.0222 e. The van der Waals surface area contributed by atoms with E-state index in [0.717, 1.165) is 18.5 Å². The molecule has 1 rings (SSSR count). The summed E-state index contributed by atoms with van der Waals surface area (Å²) in [6.45, 7) is 8.12. The summed E-state index contributed by atoms with van der Waals surface area (Å²) in [5, 5.41) is 3.72. The zero-order chi connectivity index (χ0) is 12.5. The topological polar surface area (TPSA) is 15.3 Å². The van der Waals surface area contributed by atoms with Gasteiger partial charge in [-0.2, -0.15) is 0 Å². The Balaban J connectivity index is 2.35. The van der Waals surface area contributed by atoms with Gasteiger partial charge in [0.05, 0.1) is 0 Å². The fourth-order valence-electron chi connectivity index (χ4n) is 3.03. The first-order valence-electron chi connectivity index (χ1n) is 7.69. The maximum atomic E-state index is 3.72. The molecule has 1 fully saturated rings. The van der Waals surface area contributed by atoms with Crippen molar-refractivity contribution >= 4 is 0 Å². The monoisotopic (exact) mass is 240 g/mol. The zero-order valence-corrected chi connectivity index (χ0v) is 12.2. The van der Waals surface area contributed by atoms with E-state index in [2.05, 4.69) is 31.1 Å². The summed E-state index contributed by atoms with van der Waals surface area (Å²) in [4.78, 5) is 2.52. The Morgan fingerprint density at radius 3 is 2.47 bits per heavy atom. The van der Waals surface area contributed by atoms with Crippen molar-refractivity contribution in [3.05, 3.63) is 0 Å². The highest BCUT2D eigenvalue weighted by molar-refractivity contribution is 4.81. The predicted octanol–water partition coefficient (Wildman–Crippen LogP) is 3.28. The first kappa shape index (κ1) is 15.0. The van der Waals surface area contributed by atoms with E-state index in [-0.39, 0.29) is 0 Å². The van der Waals surface area contributed by atoms with Crippen LogP contribution in [0.3, 0.4) is 0 Å². The molecule has 0 aliphatic heterocycles. The van der Waals surface area contributed by atoms with Gasteiger partial charge in [-0.3, -0.25) is 0 Å². The van der Waals surface area contributed by atoms with Crippen molar-refractivity contribution in [3.63, 3.8) is 0 Å². The zero-order valence-electron chi connectivity index (χ0n) is 12.2. The number of likely N-dealkylation sites (N-methyl/N-ethyl adjacent to an activating group) is 2. The minimum Gasteiger partial charge on any atom is -0.313 e. The van der Waals surface area contributed by atoms with Gasteiger partial charge in [-0.25, -0.2) is 0 Å². The van der Waals surface area contributed by atoms with E-state index in [4.69, 9.17) is 0 Å². The molecule has 0 bridgehead atoms. The van der Waals surface area contributed by atoms with E-state index in [9.17, 15) is 0 Å². The number of nitrogens with zero attached hydrogens (tertiary/aromatic N) is 1. The summed E-state index contributed by atoms with van der Waals surface area (Å²) in [6, 6.07) is 0.724. The Morgan fingerprint density at radius 2 is 1.88 bits per heavy atom. The molecule has 2 heteroatoms.